The van der Waals surface area contributed by atoms with Crippen molar-refractivity contribution in [2.45, 2.75) is 51.3 Å². The zero-order valence-electron chi connectivity index (χ0n) is 19.1. The molecule has 2 aromatic carbocycles. The maximum atomic E-state index is 13.1. The highest BCUT2D eigenvalue weighted by molar-refractivity contribution is 5.82. The molecular formula is C24H30N2O7. The molecule has 178 valence electrons. The Morgan fingerprint density at radius 3 is 2.06 bits per heavy atom. The molecule has 0 saturated carbocycles. The number of esters is 1. The summed E-state index contributed by atoms with van der Waals surface area (Å²) in [6.07, 6.45) is -0.856. The first-order valence-corrected chi connectivity index (χ1v) is 10.4. The Labute approximate surface area is 192 Å². The molecule has 0 saturated heterocycles. The summed E-state index contributed by atoms with van der Waals surface area (Å²) in [5.41, 5.74) is 3.13. The van der Waals surface area contributed by atoms with Gasteiger partial charge in [0.25, 0.3) is 0 Å². The lowest BCUT2D eigenvalue weighted by atomic mass is 10.0. The summed E-state index contributed by atoms with van der Waals surface area (Å²) in [4.78, 5) is 37.8. The summed E-state index contributed by atoms with van der Waals surface area (Å²) in [6.45, 7) is 5.00. The van der Waals surface area contributed by atoms with Crippen LogP contribution in [0.5, 0.6) is 5.75 Å². The van der Waals surface area contributed by atoms with E-state index < -0.39 is 35.7 Å². The third-order valence-electron chi connectivity index (χ3n) is 4.62. The van der Waals surface area contributed by atoms with Gasteiger partial charge in [0.15, 0.2) is 6.04 Å². The number of aliphatic carboxylic acids is 1. The minimum Gasteiger partial charge on any atom is -0.508 e. The normalized spacial score (nSPS) is 13.0. The number of methoxy groups -OCH3 is 1. The van der Waals surface area contributed by atoms with Crippen LogP contribution in [0.25, 0.3) is 0 Å². The fourth-order valence-electron chi connectivity index (χ4n) is 3.06. The van der Waals surface area contributed by atoms with Gasteiger partial charge in [-0.05, 0) is 44.0 Å². The van der Waals surface area contributed by atoms with Crippen molar-refractivity contribution >= 4 is 18.0 Å². The third-order valence-corrected chi connectivity index (χ3v) is 4.62. The van der Waals surface area contributed by atoms with Crippen molar-refractivity contribution < 1.29 is 34.1 Å². The molecule has 2 aromatic rings. The molecule has 0 aromatic heterocycles. The number of carbonyl (C=O) groups excluding carboxylic acids is 2. The number of carbonyl (C=O) groups is 3. The van der Waals surface area contributed by atoms with Gasteiger partial charge in [-0.15, -0.1) is 0 Å². The molecule has 0 heterocycles. The number of carboxylic acid groups (broad SMARTS) is 1. The van der Waals surface area contributed by atoms with E-state index in [-0.39, 0.29) is 18.6 Å². The molecule has 2 atom stereocenters. The van der Waals surface area contributed by atoms with Gasteiger partial charge in [0, 0.05) is 12.8 Å². The lowest BCUT2D eigenvalue weighted by Crippen LogP contribution is -2.60. The van der Waals surface area contributed by atoms with E-state index in [1.165, 1.54) is 19.2 Å². The molecule has 9 nitrogen and oxygen atoms in total. The van der Waals surface area contributed by atoms with Crippen LogP contribution in [0.2, 0.25) is 0 Å². The van der Waals surface area contributed by atoms with Crippen LogP contribution in [-0.2, 0) is 31.9 Å². The highest BCUT2D eigenvalue weighted by Gasteiger charge is 2.37. The highest BCUT2D eigenvalue weighted by Crippen LogP contribution is 2.17. The van der Waals surface area contributed by atoms with Crippen LogP contribution < -0.4 is 5.43 Å². The molecule has 0 aliphatic carbocycles. The van der Waals surface area contributed by atoms with Gasteiger partial charge in [0.1, 0.15) is 17.4 Å². The first kappa shape index (κ1) is 25.7. The maximum absolute atomic E-state index is 13.1. The average Bonchev–Trinajstić information content (AvgIpc) is 2.75. The van der Waals surface area contributed by atoms with E-state index in [1.807, 2.05) is 6.07 Å². The molecule has 1 amide bonds. The van der Waals surface area contributed by atoms with E-state index in [0.717, 1.165) is 10.6 Å². The maximum Gasteiger partial charge on any atom is 0.425 e. The molecule has 0 spiro atoms. The Hall–Kier alpha value is -3.59. The second-order valence-electron chi connectivity index (χ2n) is 8.47. The summed E-state index contributed by atoms with van der Waals surface area (Å²) in [5, 5.41) is 20.2. The fraction of sp³-hybridized carbons (Fsp3) is 0.375. The summed E-state index contributed by atoms with van der Waals surface area (Å²) < 4.78 is 10.4. The fourth-order valence-corrected chi connectivity index (χ4v) is 3.06. The van der Waals surface area contributed by atoms with Crippen molar-refractivity contribution in [3.63, 3.8) is 0 Å². The summed E-state index contributed by atoms with van der Waals surface area (Å²) in [5.74, 6) is -1.92. The van der Waals surface area contributed by atoms with Crippen LogP contribution in [0.1, 0.15) is 31.9 Å². The molecule has 33 heavy (non-hydrogen) atoms. The molecule has 0 aliphatic heterocycles. The number of hydrogen-bond donors (Lipinski definition) is 3. The van der Waals surface area contributed by atoms with Gasteiger partial charge in [-0.3, -0.25) is 4.79 Å². The van der Waals surface area contributed by atoms with Crippen LogP contribution in [-0.4, -0.2) is 58.0 Å². The number of amides is 1. The number of nitrogens with one attached hydrogen (secondary N) is 1. The molecule has 2 rings (SSSR count). The predicted octanol–water partition coefficient (Wildman–Crippen LogP) is 2.91. The van der Waals surface area contributed by atoms with Crippen LogP contribution in [0, 0.1) is 0 Å². The van der Waals surface area contributed by atoms with E-state index in [4.69, 9.17) is 9.47 Å². The third kappa shape index (κ3) is 8.12. The largest absolute Gasteiger partial charge is 0.508 e. The van der Waals surface area contributed by atoms with Crippen molar-refractivity contribution in [3.8, 4) is 5.75 Å². The molecule has 0 radical (unpaired) electrons. The van der Waals surface area contributed by atoms with Crippen molar-refractivity contribution in [2.75, 3.05) is 7.11 Å². The smallest absolute Gasteiger partial charge is 0.425 e. The quantitative estimate of drug-likeness (QED) is 0.387. The van der Waals surface area contributed by atoms with Gasteiger partial charge < -0.3 is 19.7 Å². The van der Waals surface area contributed by atoms with Gasteiger partial charge in [0.05, 0.1) is 7.11 Å². The lowest BCUT2D eigenvalue weighted by molar-refractivity contribution is -0.151. The highest BCUT2D eigenvalue weighted by atomic mass is 16.6. The first-order valence-electron chi connectivity index (χ1n) is 10.4. The van der Waals surface area contributed by atoms with Gasteiger partial charge in [-0.25, -0.2) is 20.0 Å². The van der Waals surface area contributed by atoms with Gasteiger partial charge >= 0.3 is 18.0 Å². The standard InChI is InChI=1S/C24H30N2O7/c1-24(2,3)33-23(31)26(20(22(30)32-4)15-16-8-6-5-7-9-16)25-19(21(28)29)14-17-10-12-18(27)13-11-17/h5-13,19-20,25,27H,14-15H2,1-4H3,(H,28,29)/t19-,20-/m0/s1. The predicted molar refractivity (Wildman–Crippen MR) is 120 cm³/mol. The van der Waals surface area contributed by atoms with Crippen molar-refractivity contribution in [3.05, 3.63) is 65.7 Å². The number of hydrazine groups is 1. The van der Waals surface area contributed by atoms with Crippen molar-refractivity contribution in [1.82, 2.24) is 10.4 Å². The van der Waals surface area contributed by atoms with Crippen LogP contribution >= 0.6 is 0 Å². The molecule has 0 bridgehead atoms. The number of carboxylic acids is 1. The van der Waals surface area contributed by atoms with Gasteiger partial charge in [0.2, 0.25) is 0 Å². The van der Waals surface area contributed by atoms with Gasteiger partial charge in [-0.1, -0.05) is 42.5 Å². The Kier molecular flexibility index (Phi) is 8.81. The molecule has 0 unspecified atom stereocenters. The summed E-state index contributed by atoms with van der Waals surface area (Å²) in [7, 11) is 1.19. The number of nitrogens with zero attached hydrogens (tertiary/aromatic N) is 1. The molecule has 3 N–H and O–H groups in total. The van der Waals surface area contributed by atoms with E-state index in [0.29, 0.717) is 5.56 Å². The zero-order valence-corrected chi connectivity index (χ0v) is 19.1. The second-order valence-corrected chi connectivity index (χ2v) is 8.47. The minimum atomic E-state index is -1.27. The monoisotopic (exact) mass is 458 g/mol. The molecular weight excluding hydrogens is 428 g/mol. The molecule has 0 fully saturated rings. The van der Waals surface area contributed by atoms with E-state index in [2.05, 4.69) is 5.43 Å². The number of phenolic OH excluding ortho intramolecular Hbond substituents is 1. The Morgan fingerprint density at radius 1 is 0.970 bits per heavy atom. The number of benzene rings is 2. The van der Waals surface area contributed by atoms with E-state index in [9.17, 15) is 24.6 Å². The average molecular weight is 459 g/mol. The number of aromatic hydroxyl groups is 1. The number of phenols is 1. The summed E-state index contributed by atoms with van der Waals surface area (Å²) >= 11 is 0. The Balaban J connectivity index is 2.40. The SMILES string of the molecule is COC(=O)[C@H](Cc1ccccc1)N(N[C@@H](Cc1ccc(O)cc1)C(=O)O)C(=O)OC(C)(C)C. The number of hydrogen-bond acceptors (Lipinski definition) is 7. The first-order chi connectivity index (χ1) is 15.5. The second kappa shape index (κ2) is 11.3. The Bertz CT molecular complexity index is 940. The van der Waals surface area contributed by atoms with Crippen molar-refractivity contribution in [2.24, 2.45) is 0 Å². The topological polar surface area (TPSA) is 125 Å². The lowest BCUT2D eigenvalue weighted by Gasteiger charge is -2.34. The van der Waals surface area contributed by atoms with Crippen LogP contribution in [0.15, 0.2) is 54.6 Å². The zero-order chi connectivity index (χ0) is 24.6. The molecule has 0 aliphatic rings. The van der Waals surface area contributed by atoms with E-state index in [1.54, 1.807) is 57.2 Å². The Morgan fingerprint density at radius 2 is 1.55 bits per heavy atom. The minimum absolute atomic E-state index is 0.0197. The number of rotatable bonds is 9. The van der Waals surface area contributed by atoms with Crippen molar-refractivity contribution in [1.29, 1.82) is 0 Å². The van der Waals surface area contributed by atoms with Crippen LogP contribution in [0.4, 0.5) is 4.79 Å². The molecule has 9 heteroatoms. The summed E-state index contributed by atoms with van der Waals surface area (Å²) in [6, 6.07) is 12.5. The van der Waals surface area contributed by atoms with Gasteiger partial charge in [-0.2, -0.15) is 0 Å². The van der Waals surface area contributed by atoms with Crippen LogP contribution in [0.3, 0.4) is 0 Å². The number of ether oxygens (including phenoxy) is 2. The van der Waals surface area contributed by atoms with E-state index >= 15 is 0 Å².